The predicted molar refractivity (Wildman–Crippen MR) is 213 cm³/mol. The number of hydrogen-bond donors (Lipinski definition) is 1. The van der Waals surface area contributed by atoms with Crippen molar-refractivity contribution in [2.45, 2.75) is 94.9 Å². The zero-order valence-electron chi connectivity index (χ0n) is 32.3. The molecule has 4 aliphatic heterocycles. The van der Waals surface area contributed by atoms with Crippen LogP contribution in [-0.4, -0.2) is 101 Å². The van der Waals surface area contributed by atoms with E-state index in [4.69, 9.17) is 21.1 Å². The molecule has 3 fully saturated rings. The lowest BCUT2D eigenvalue weighted by atomic mass is 9.63. The number of carbonyl (C=O) groups excluding carboxylic acids is 1. The van der Waals surface area contributed by atoms with Crippen molar-refractivity contribution >= 4 is 33.2 Å². The topological polar surface area (TPSA) is 91.4 Å². The van der Waals surface area contributed by atoms with Crippen LogP contribution in [0.5, 0.6) is 5.75 Å². The number of fused-ring (bicyclic) bond motifs is 3. The molecule has 11 heteroatoms. The minimum absolute atomic E-state index is 0.211. The zero-order valence-corrected chi connectivity index (χ0v) is 33.9. The van der Waals surface area contributed by atoms with E-state index in [9.17, 15) is 13.2 Å². The number of sulfonamides is 1. The normalized spacial score (nSPS) is 34.2. The number of ether oxygens (including phenoxy) is 2. The van der Waals surface area contributed by atoms with Gasteiger partial charge in [0.2, 0.25) is 10.0 Å². The Kier molecular flexibility index (Phi) is 11.3. The highest BCUT2D eigenvalue weighted by Crippen LogP contribution is 2.48. The van der Waals surface area contributed by atoms with Gasteiger partial charge in [-0.15, -0.1) is 0 Å². The molecule has 0 spiro atoms. The van der Waals surface area contributed by atoms with Crippen LogP contribution in [-0.2, 0) is 26.6 Å². The first-order valence-electron chi connectivity index (χ1n) is 19.9. The fourth-order valence-corrected chi connectivity index (χ4v) is 11.4. The van der Waals surface area contributed by atoms with Crippen LogP contribution in [0, 0.1) is 17.8 Å². The highest BCUT2D eigenvalue weighted by Gasteiger charge is 2.50. The number of carbonyl (C=O) groups is 1. The number of methoxy groups -OCH3 is 1. The second kappa shape index (κ2) is 15.5. The van der Waals surface area contributed by atoms with Crippen LogP contribution in [0.25, 0.3) is 0 Å². The SMILES string of the molecule is CCCc1cc(Cl)ccc1[C@]1(C)COc2ccc3cc2N(C[C@@H]2CC[C@H]2[C@@](CN2CCN4CCC[C@H]4C2)(OC)/C=C/C[C@H](C)[C@@H](C)S(=O)(=O)NC3=O)C1. The first kappa shape index (κ1) is 38.6. The van der Waals surface area contributed by atoms with Gasteiger partial charge in [0, 0.05) is 68.4 Å². The number of nitrogens with zero attached hydrogens (tertiary/aromatic N) is 3. The number of anilines is 1. The van der Waals surface area contributed by atoms with Gasteiger partial charge in [0.25, 0.3) is 5.91 Å². The molecule has 2 saturated heterocycles. The molecule has 7 atom stereocenters. The van der Waals surface area contributed by atoms with E-state index < -0.39 is 26.8 Å². The fraction of sp³-hybridized carbons (Fsp3) is 0.643. The third-order valence-electron chi connectivity index (χ3n) is 13.3. The summed E-state index contributed by atoms with van der Waals surface area (Å²) >= 11 is 6.54. The van der Waals surface area contributed by atoms with Gasteiger partial charge >= 0.3 is 0 Å². The number of rotatable bonds is 6. The highest BCUT2D eigenvalue weighted by molar-refractivity contribution is 7.90. The van der Waals surface area contributed by atoms with Crippen LogP contribution < -0.4 is 14.4 Å². The summed E-state index contributed by atoms with van der Waals surface area (Å²) in [7, 11) is -2.09. The highest BCUT2D eigenvalue weighted by atomic mass is 35.5. The molecule has 4 heterocycles. The average Bonchev–Trinajstić information content (AvgIpc) is 3.53. The molecule has 1 saturated carbocycles. The van der Waals surface area contributed by atoms with E-state index in [0.29, 0.717) is 42.8 Å². The Morgan fingerprint density at radius 3 is 2.64 bits per heavy atom. The van der Waals surface area contributed by atoms with Crippen LogP contribution in [0.2, 0.25) is 5.02 Å². The van der Waals surface area contributed by atoms with Gasteiger partial charge in [-0.1, -0.05) is 57.0 Å². The Labute approximate surface area is 322 Å². The van der Waals surface area contributed by atoms with Crippen molar-refractivity contribution in [3.63, 3.8) is 0 Å². The van der Waals surface area contributed by atoms with E-state index in [-0.39, 0.29) is 17.3 Å². The zero-order chi connectivity index (χ0) is 37.5. The number of aryl methyl sites for hydroxylation is 1. The van der Waals surface area contributed by atoms with Crippen LogP contribution in [0.4, 0.5) is 5.69 Å². The number of allylic oxidation sites excluding steroid dienone is 1. The maximum absolute atomic E-state index is 13.7. The fourth-order valence-electron chi connectivity index (χ4n) is 9.87. The Balaban J connectivity index is 1.29. The number of benzene rings is 2. The number of piperazine rings is 1. The molecule has 0 unspecified atom stereocenters. The summed E-state index contributed by atoms with van der Waals surface area (Å²) in [5.74, 6) is 0.478. The van der Waals surface area contributed by atoms with Gasteiger partial charge < -0.3 is 14.4 Å². The van der Waals surface area contributed by atoms with Crippen molar-refractivity contribution in [2.75, 3.05) is 64.4 Å². The summed E-state index contributed by atoms with van der Waals surface area (Å²) in [5.41, 5.74) is 2.67. The minimum atomic E-state index is -3.95. The summed E-state index contributed by atoms with van der Waals surface area (Å²) in [6.45, 7) is 15.2. The minimum Gasteiger partial charge on any atom is -0.490 e. The maximum atomic E-state index is 13.7. The Hall–Kier alpha value is -2.63. The summed E-state index contributed by atoms with van der Waals surface area (Å²) in [6, 6.07) is 12.2. The van der Waals surface area contributed by atoms with Crippen LogP contribution in [0.1, 0.15) is 87.7 Å². The summed E-state index contributed by atoms with van der Waals surface area (Å²) in [4.78, 5) is 21.3. The number of halogens is 1. The van der Waals surface area contributed by atoms with Crippen molar-refractivity contribution in [3.05, 3.63) is 70.3 Å². The van der Waals surface area contributed by atoms with E-state index in [2.05, 4.69) is 57.6 Å². The molecule has 0 radical (unpaired) electrons. The molecule has 0 aromatic heterocycles. The van der Waals surface area contributed by atoms with Crippen molar-refractivity contribution < 1.29 is 22.7 Å². The lowest BCUT2D eigenvalue weighted by Crippen LogP contribution is -2.60. The van der Waals surface area contributed by atoms with Crippen LogP contribution >= 0.6 is 11.6 Å². The lowest BCUT2D eigenvalue weighted by Gasteiger charge is -2.52. The van der Waals surface area contributed by atoms with E-state index in [1.54, 1.807) is 13.0 Å². The van der Waals surface area contributed by atoms with E-state index in [0.717, 1.165) is 69.1 Å². The largest absolute Gasteiger partial charge is 0.490 e. The quantitative estimate of drug-likeness (QED) is 0.326. The van der Waals surface area contributed by atoms with Crippen molar-refractivity contribution in [1.82, 2.24) is 14.5 Å². The van der Waals surface area contributed by atoms with Gasteiger partial charge in [-0.2, -0.15) is 0 Å². The number of nitrogens with one attached hydrogen (secondary N) is 1. The van der Waals surface area contributed by atoms with Crippen molar-refractivity contribution in [3.8, 4) is 5.75 Å². The second-order valence-corrected chi connectivity index (χ2v) is 19.4. The molecular weight excluding hydrogens is 708 g/mol. The predicted octanol–water partition coefficient (Wildman–Crippen LogP) is 6.68. The number of hydrogen-bond acceptors (Lipinski definition) is 8. The number of amides is 1. The molecule has 290 valence electrons. The average molecular weight is 767 g/mol. The third kappa shape index (κ3) is 7.77. The van der Waals surface area contributed by atoms with Crippen molar-refractivity contribution in [1.29, 1.82) is 0 Å². The summed E-state index contributed by atoms with van der Waals surface area (Å²) in [5, 5.41) is -0.0421. The van der Waals surface area contributed by atoms with Gasteiger partial charge in [0.05, 0.1) is 17.5 Å². The molecule has 2 bridgehead atoms. The lowest BCUT2D eigenvalue weighted by molar-refractivity contribution is -0.0973. The van der Waals surface area contributed by atoms with Crippen molar-refractivity contribution in [2.24, 2.45) is 17.8 Å². The second-order valence-electron chi connectivity index (χ2n) is 16.9. The Bertz CT molecular complexity index is 1810. The molecule has 5 aliphatic rings. The molecule has 1 aliphatic carbocycles. The van der Waals surface area contributed by atoms with Gasteiger partial charge in [0.15, 0.2) is 0 Å². The Morgan fingerprint density at radius 1 is 1.06 bits per heavy atom. The standard InChI is InChI=1S/C42H59ClN4O5S/c1-6-9-31-22-34(43)14-16-36(31)41(4)26-47-24-33-12-15-37(33)42(51-5,27-45-20-21-46-19-8-11-35(46)25-45)18-7-10-29(2)30(3)53(49,50)44-40(48)32-13-17-39(52-28-41)38(47)23-32/h7,13-14,16-18,22-23,29-30,33,35,37H,6,8-12,15,19-21,24-28H2,1-5H3,(H,44,48)/b18-7+/t29-,30+,33-,35-,37+,41-,42+/m0/s1. The van der Waals surface area contributed by atoms with Crippen LogP contribution in [0.15, 0.2) is 48.6 Å². The molecule has 2 aromatic rings. The van der Waals surface area contributed by atoms with Crippen LogP contribution in [0.3, 0.4) is 0 Å². The maximum Gasteiger partial charge on any atom is 0.264 e. The molecule has 53 heavy (non-hydrogen) atoms. The smallest absolute Gasteiger partial charge is 0.264 e. The first-order chi connectivity index (χ1) is 25.3. The molecule has 1 N–H and O–H groups in total. The monoisotopic (exact) mass is 766 g/mol. The molecule has 1 amide bonds. The van der Waals surface area contributed by atoms with Gasteiger partial charge in [0.1, 0.15) is 11.4 Å². The van der Waals surface area contributed by atoms with Gasteiger partial charge in [-0.25, -0.2) is 13.1 Å². The summed E-state index contributed by atoms with van der Waals surface area (Å²) in [6.07, 6.45) is 11.6. The third-order valence-corrected chi connectivity index (χ3v) is 15.5. The summed E-state index contributed by atoms with van der Waals surface area (Å²) < 4.78 is 43.0. The molecular formula is C42H59ClN4O5S. The molecule has 9 nitrogen and oxygen atoms in total. The van der Waals surface area contributed by atoms with Gasteiger partial charge in [-0.05, 0) is 111 Å². The molecule has 7 rings (SSSR count). The Morgan fingerprint density at radius 2 is 1.89 bits per heavy atom. The van der Waals surface area contributed by atoms with Gasteiger partial charge in [-0.3, -0.25) is 14.6 Å². The van der Waals surface area contributed by atoms with E-state index in [1.807, 2.05) is 32.2 Å². The molecule has 2 aromatic carbocycles. The van der Waals surface area contributed by atoms with E-state index >= 15 is 0 Å². The van der Waals surface area contributed by atoms with E-state index in [1.165, 1.54) is 30.5 Å². The first-order valence-corrected chi connectivity index (χ1v) is 21.8.